The summed E-state index contributed by atoms with van der Waals surface area (Å²) in [5.74, 6) is 0.518. The normalized spacial score (nSPS) is 15.8. The van der Waals surface area contributed by atoms with E-state index in [2.05, 4.69) is 60.0 Å². The van der Waals surface area contributed by atoms with E-state index in [-0.39, 0.29) is 5.56 Å². The van der Waals surface area contributed by atoms with Gasteiger partial charge in [-0.3, -0.25) is 4.90 Å². The summed E-state index contributed by atoms with van der Waals surface area (Å²) in [6.45, 7) is 8.01. The number of rotatable bonds is 9. The van der Waals surface area contributed by atoms with Gasteiger partial charge < -0.3 is 14.7 Å². The van der Waals surface area contributed by atoms with Crippen LogP contribution in [-0.4, -0.2) is 41.7 Å². The third kappa shape index (κ3) is 6.67. The number of benzene rings is 4. The molecule has 6 heteroatoms. The van der Waals surface area contributed by atoms with E-state index >= 15 is 0 Å². The first-order valence-electron chi connectivity index (χ1n) is 13.8. The van der Waals surface area contributed by atoms with Gasteiger partial charge in [-0.05, 0) is 65.4 Å². The average molecular weight is 555 g/mol. The summed E-state index contributed by atoms with van der Waals surface area (Å²) in [5, 5.41) is 10.5. The first kappa shape index (κ1) is 27.8. The molecule has 1 N–H and O–H groups in total. The number of piperazine rings is 1. The molecule has 0 spiro atoms. The van der Waals surface area contributed by atoms with Crippen molar-refractivity contribution in [3.8, 4) is 22.6 Å². The lowest BCUT2D eigenvalue weighted by Crippen LogP contribution is -2.53. The summed E-state index contributed by atoms with van der Waals surface area (Å²) >= 11 is 6.15. The van der Waals surface area contributed by atoms with Gasteiger partial charge in [-0.15, -0.1) is 0 Å². The predicted molar refractivity (Wildman–Crippen MR) is 163 cm³/mol. The maximum absolute atomic E-state index is 11.9. The van der Waals surface area contributed by atoms with Crippen LogP contribution >= 0.6 is 11.6 Å². The number of hydrogen-bond donors (Lipinski definition) is 1. The van der Waals surface area contributed by atoms with Crippen LogP contribution in [0.3, 0.4) is 0 Å². The molecule has 5 rings (SSSR count). The second-order valence-electron chi connectivity index (χ2n) is 10.8. The van der Waals surface area contributed by atoms with Crippen molar-refractivity contribution in [2.24, 2.45) is 5.92 Å². The van der Waals surface area contributed by atoms with Crippen molar-refractivity contribution in [2.45, 2.75) is 32.9 Å². The van der Waals surface area contributed by atoms with Gasteiger partial charge in [-0.2, -0.15) is 0 Å². The van der Waals surface area contributed by atoms with Gasteiger partial charge in [0.15, 0.2) is 0 Å². The number of anilines is 1. The third-order valence-electron chi connectivity index (χ3n) is 7.43. The fraction of sp³-hybridized carbons (Fsp3) is 0.265. The zero-order valence-electron chi connectivity index (χ0n) is 23.0. The summed E-state index contributed by atoms with van der Waals surface area (Å²) in [4.78, 5) is 16.9. The largest absolute Gasteiger partial charge is 0.478 e. The van der Waals surface area contributed by atoms with Gasteiger partial charge in [-0.1, -0.05) is 80.0 Å². The molecule has 0 saturated carbocycles. The summed E-state index contributed by atoms with van der Waals surface area (Å²) in [6, 6.07) is 31.8. The Labute approximate surface area is 241 Å². The van der Waals surface area contributed by atoms with E-state index in [0.29, 0.717) is 23.5 Å². The van der Waals surface area contributed by atoms with Crippen LogP contribution in [0.15, 0.2) is 97.1 Å². The summed E-state index contributed by atoms with van der Waals surface area (Å²) in [5.41, 5.74) is 4.84. The van der Waals surface area contributed by atoms with Gasteiger partial charge in [0.2, 0.25) is 0 Å². The lowest BCUT2D eigenvalue weighted by atomic mass is 9.96. The number of carboxylic acids is 1. The molecule has 4 aromatic rings. The smallest absolute Gasteiger partial charge is 0.339 e. The monoisotopic (exact) mass is 554 g/mol. The van der Waals surface area contributed by atoms with E-state index in [4.69, 9.17) is 16.3 Å². The molecule has 0 radical (unpaired) electrons. The summed E-state index contributed by atoms with van der Waals surface area (Å²) < 4.78 is 6.03. The van der Waals surface area contributed by atoms with E-state index in [1.54, 1.807) is 6.07 Å². The van der Waals surface area contributed by atoms with E-state index in [9.17, 15) is 9.90 Å². The molecular weight excluding hydrogens is 520 g/mol. The van der Waals surface area contributed by atoms with E-state index in [1.165, 1.54) is 16.7 Å². The number of nitrogens with zero attached hydrogens (tertiary/aromatic N) is 2. The molecule has 206 valence electrons. The van der Waals surface area contributed by atoms with Crippen LogP contribution in [0.4, 0.5) is 5.69 Å². The second kappa shape index (κ2) is 12.6. The molecule has 1 heterocycles. The van der Waals surface area contributed by atoms with Gasteiger partial charge in [0, 0.05) is 49.0 Å². The molecule has 0 bridgehead atoms. The van der Waals surface area contributed by atoms with Crippen LogP contribution in [0.25, 0.3) is 11.1 Å². The molecule has 4 aromatic carbocycles. The molecule has 40 heavy (non-hydrogen) atoms. The molecule has 1 fully saturated rings. The van der Waals surface area contributed by atoms with Gasteiger partial charge in [0.1, 0.15) is 17.1 Å². The lowest BCUT2D eigenvalue weighted by molar-refractivity contribution is 0.0694. The maximum atomic E-state index is 11.9. The fourth-order valence-corrected chi connectivity index (χ4v) is 5.60. The van der Waals surface area contributed by atoms with Crippen LogP contribution in [0, 0.1) is 5.92 Å². The van der Waals surface area contributed by atoms with Crippen LogP contribution in [0.1, 0.15) is 36.2 Å². The van der Waals surface area contributed by atoms with Gasteiger partial charge in [-0.25, -0.2) is 4.79 Å². The maximum Gasteiger partial charge on any atom is 0.339 e. The van der Waals surface area contributed by atoms with Gasteiger partial charge in [0.25, 0.3) is 0 Å². The van der Waals surface area contributed by atoms with Crippen molar-refractivity contribution in [1.29, 1.82) is 0 Å². The van der Waals surface area contributed by atoms with Crippen molar-refractivity contribution in [3.63, 3.8) is 0 Å². The molecule has 5 nitrogen and oxygen atoms in total. The number of carboxylic acid groups (broad SMARTS) is 1. The minimum absolute atomic E-state index is 0.156. The predicted octanol–water partition coefficient (Wildman–Crippen LogP) is 8.23. The fourth-order valence-electron chi connectivity index (χ4n) is 5.48. The zero-order valence-corrected chi connectivity index (χ0v) is 23.7. The molecule has 1 atom stereocenters. The van der Waals surface area contributed by atoms with E-state index in [0.717, 1.165) is 43.3 Å². The van der Waals surface area contributed by atoms with Crippen molar-refractivity contribution in [3.05, 3.63) is 113 Å². The Kier molecular flexibility index (Phi) is 8.73. The Morgan fingerprint density at radius 2 is 1.68 bits per heavy atom. The Morgan fingerprint density at radius 1 is 0.950 bits per heavy atom. The number of hydrogen-bond acceptors (Lipinski definition) is 4. The Bertz CT molecular complexity index is 1440. The lowest BCUT2D eigenvalue weighted by Gasteiger charge is -2.43. The molecule has 1 aliphatic heterocycles. The number of ether oxygens (including phenoxy) is 1. The first-order chi connectivity index (χ1) is 19.4. The van der Waals surface area contributed by atoms with Crippen molar-refractivity contribution >= 4 is 23.3 Å². The first-order valence-corrected chi connectivity index (χ1v) is 14.2. The molecule has 0 amide bonds. The van der Waals surface area contributed by atoms with E-state index < -0.39 is 5.97 Å². The highest BCUT2D eigenvalue weighted by Crippen LogP contribution is 2.33. The zero-order chi connectivity index (χ0) is 28.1. The highest BCUT2D eigenvalue weighted by molar-refractivity contribution is 6.30. The van der Waals surface area contributed by atoms with Crippen molar-refractivity contribution in [1.82, 2.24) is 4.90 Å². The standard InChI is InChI=1S/C34H35ClN2O3/c1-24(2)20-29-23-37(28-16-17-32(34(38)39)33(21-28)40-30-9-4-3-5-10-30)19-18-36(29)22-26-8-6-7-11-31(26)25-12-14-27(35)15-13-25/h3-17,21,24,29H,18-20,22-23H2,1-2H3,(H,38,39). The number of aromatic carboxylic acids is 1. The molecular formula is C34H35ClN2O3. The van der Waals surface area contributed by atoms with Crippen LogP contribution in [-0.2, 0) is 6.54 Å². The number of carbonyl (C=O) groups is 1. The van der Waals surface area contributed by atoms with E-state index in [1.807, 2.05) is 54.6 Å². The molecule has 0 aliphatic carbocycles. The second-order valence-corrected chi connectivity index (χ2v) is 11.2. The summed E-state index contributed by atoms with van der Waals surface area (Å²) in [6.07, 6.45) is 1.07. The molecule has 1 unspecified atom stereocenters. The molecule has 1 aliphatic rings. The number of para-hydroxylation sites is 1. The summed E-state index contributed by atoms with van der Waals surface area (Å²) in [7, 11) is 0. The SMILES string of the molecule is CC(C)CC1CN(c2ccc(C(=O)O)c(Oc3ccccc3)c2)CCN1Cc1ccccc1-c1ccc(Cl)cc1. The van der Waals surface area contributed by atoms with Gasteiger partial charge >= 0.3 is 5.97 Å². The third-order valence-corrected chi connectivity index (χ3v) is 7.68. The minimum atomic E-state index is -1.00. The van der Waals surface area contributed by atoms with Crippen LogP contribution in [0.2, 0.25) is 5.02 Å². The quantitative estimate of drug-likeness (QED) is 0.226. The average Bonchev–Trinajstić information content (AvgIpc) is 2.95. The Balaban J connectivity index is 1.38. The number of halogens is 1. The van der Waals surface area contributed by atoms with Crippen LogP contribution < -0.4 is 9.64 Å². The van der Waals surface area contributed by atoms with Crippen molar-refractivity contribution < 1.29 is 14.6 Å². The van der Waals surface area contributed by atoms with Gasteiger partial charge in [0.05, 0.1) is 0 Å². The Morgan fingerprint density at radius 3 is 2.40 bits per heavy atom. The molecule has 1 saturated heterocycles. The van der Waals surface area contributed by atoms with Crippen molar-refractivity contribution in [2.75, 3.05) is 24.5 Å². The Hall–Kier alpha value is -3.80. The highest BCUT2D eigenvalue weighted by Gasteiger charge is 2.29. The van der Waals surface area contributed by atoms with Crippen LogP contribution in [0.5, 0.6) is 11.5 Å². The topological polar surface area (TPSA) is 53.0 Å². The minimum Gasteiger partial charge on any atom is -0.478 e. The molecule has 0 aromatic heterocycles. The highest BCUT2D eigenvalue weighted by atomic mass is 35.5.